The summed E-state index contributed by atoms with van der Waals surface area (Å²) in [6.07, 6.45) is 0.241. The van der Waals surface area contributed by atoms with Gasteiger partial charge in [-0.1, -0.05) is 213 Å². The molecule has 78 heavy (non-hydrogen) atoms. The Labute approximate surface area is 496 Å². The molecule has 0 aliphatic rings. The molecule has 0 saturated heterocycles. The summed E-state index contributed by atoms with van der Waals surface area (Å²) in [6, 6.07) is 75.0. The van der Waals surface area contributed by atoms with Crippen LogP contribution in [-0.4, -0.2) is 32.8 Å². The van der Waals surface area contributed by atoms with Crippen molar-refractivity contribution in [3.63, 3.8) is 0 Å². The van der Waals surface area contributed by atoms with E-state index in [0.717, 1.165) is 63.1 Å². The Balaban J connectivity index is 0.000000239. The molecule has 0 fully saturated rings. The number of benzene rings is 8. The third-order valence-electron chi connectivity index (χ3n) is 9.71. The molecule has 2 N–H and O–H groups in total. The summed E-state index contributed by atoms with van der Waals surface area (Å²) in [5.74, 6) is -0.702. The largest absolute Gasteiger partial charge is 0.384 e. The van der Waals surface area contributed by atoms with E-state index < -0.39 is 12.2 Å². The van der Waals surface area contributed by atoms with Crippen LogP contribution >= 0.6 is 79.6 Å². The number of aliphatic hydroxyl groups is 2. The number of hydrogen-bond donors (Lipinski definition) is 2. The van der Waals surface area contributed by atoms with Gasteiger partial charge in [-0.3, -0.25) is 9.59 Å². The first kappa shape index (κ1) is 65.8. The number of aldehydes is 2. The first-order valence-corrected chi connectivity index (χ1v) is 27.5. The Bertz CT molecular complexity index is 2870. The van der Waals surface area contributed by atoms with Crippen LogP contribution in [0.5, 0.6) is 0 Å². The summed E-state index contributed by atoms with van der Waals surface area (Å²) in [7, 11) is 0. The minimum absolute atomic E-state index is 0.162. The molecule has 2 unspecified atom stereocenters. The second kappa shape index (κ2) is 39.0. The van der Waals surface area contributed by atoms with Crippen LogP contribution in [0.15, 0.2) is 278 Å². The van der Waals surface area contributed by atoms with Gasteiger partial charge in [0.15, 0.2) is 0 Å². The van der Waals surface area contributed by atoms with E-state index in [4.69, 9.17) is 0 Å². The summed E-state index contributed by atoms with van der Waals surface area (Å²) >= 11 is 16.2. The van der Waals surface area contributed by atoms with Gasteiger partial charge in [-0.15, -0.1) is 0 Å². The highest BCUT2D eigenvalue weighted by Gasteiger charge is 2.11. The number of rotatable bonds is 6. The van der Waals surface area contributed by atoms with Crippen molar-refractivity contribution >= 4 is 92.2 Å². The van der Waals surface area contributed by atoms with Crippen LogP contribution in [0.4, 0.5) is 13.2 Å². The van der Waals surface area contributed by atoms with E-state index in [2.05, 4.69) is 109 Å². The number of aryl methyl sites for hydroxylation is 2. The van der Waals surface area contributed by atoms with E-state index in [1.165, 1.54) is 42.0 Å². The molecule has 0 aliphatic heterocycles. The minimum Gasteiger partial charge on any atom is -0.384 e. The highest BCUT2D eigenvalue weighted by atomic mass is 79.9. The van der Waals surface area contributed by atoms with Gasteiger partial charge in [0.2, 0.25) is 0 Å². The first-order chi connectivity index (χ1) is 37.6. The molecule has 0 bridgehead atoms. The summed E-state index contributed by atoms with van der Waals surface area (Å²) in [5.41, 5.74) is 6.55. The molecule has 8 aromatic carbocycles. The fourth-order valence-corrected chi connectivity index (χ4v) is 8.17. The molecule has 0 saturated carbocycles. The van der Waals surface area contributed by atoms with Gasteiger partial charge in [0.1, 0.15) is 56.0 Å². The highest BCUT2D eigenvalue weighted by Crippen LogP contribution is 2.23. The standard InChI is InChI=1S/C13H11FO.C12H10BrNO.C7H7Br.C7H7F.2C7H6O.C6H4BrF.C5H3Br2N/c14-12-8-4-7-11(9-12)13(15)10-5-2-1-3-6-10;13-11-8-4-7-10(14-11)12(15)9-5-2-1-3-6-9;2*1-6-3-2-4-7(8)5-6;2*8-6-7-4-2-1-3-5-7;7-5-2-1-3-6(8)4-5;6-4-2-1-3-5(7)8-4/h1-9,13,15H;1-8,12,15H;2*2-5H,1H3;2*1-6H;1-4H;1-3H. The normalized spacial score (nSPS) is 10.3. The SMILES string of the molecule is Brc1cccc(Br)n1.Cc1cccc(Br)c1.Cc1cccc(F)c1.Fc1cccc(Br)c1.O=Cc1ccccc1.O=Cc1ccccc1.OC(c1ccccc1)c1cccc(Br)n1.OC(c1ccccc1)c1cccc(F)c1. The maximum absolute atomic E-state index is 12.9. The van der Waals surface area contributed by atoms with Gasteiger partial charge in [-0.25, -0.2) is 23.1 Å². The third-order valence-corrected chi connectivity index (χ3v) is 12.0. The zero-order valence-corrected chi connectivity index (χ0v) is 50.1. The average Bonchev–Trinajstić information content (AvgIpc) is 3.44. The molecule has 0 aliphatic carbocycles. The lowest BCUT2D eigenvalue weighted by Crippen LogP contribution is -2.01. The van der Waals surface area contributed by atoms with Crippen molar-refractivity contribution in [3.05, 3.63) is 340 Å². The topological polar surface area (TPSA) is 100 Å². The maximum Gasteiger partial charge on any atom is 0.150 e. The Kier molecular flexibility index (Phi) is 32.9. The zero-order valence-electron chi connectivity index (χ0n) is 42.2. The number of nitrogens with zero attached hydrogens (tertiary/aromatic N) is 2. The minimum atomic E-state index is -0.762. The van der Waals surface area contributed by atoms with Crippen molar-refractivity contribution in [3.8, 4) is 0 Å². The molecule has 2 atom stereocenters. The van der Waals surface area contributed by atoms with Crippen LogP contribution < -0.4 is 0 Å². The van der Waals surface area contributed by atoms with Crippen LogP contribution in [-0.2, 0) is 0 Å². The molecular weight excluding hydrogens is 1320 g/mol. The van der Waals surface area contributed by atoms with Crippen LogP contribution in [0.3, 0.4) is 0 Å². The van der Waals surface area contributed by atoms with E-state index in [1.54, 1.807) is 54.6 Å². The van der Waals surface area contributed by atoms with E-state index in [9.17, 15) is 33.0 Å². The summed E-state index contributed by atoms with van der Waals surface area (Å²) in [5, 5.41) is 20.0. The van der Waals surface area contributed by atoms with E-state index >= 15 is 0 Å². The Hall–Kier alpha value is -6.49. The predicted octanol–water partition coefficient (Wildman–Crippen LogP) is 18.9. The average molecular weight is 1370 g/mol. The summed E-state index contributed by atoms with van der Waals surface area (Å²) in [4.78, 5) is 28.2. The molecule has 400 valence electrons. The van der Waals surface area contributed by atoms with Gasteiger partial charge in [-0.05, 0) is 163 Å². The van der Waals surface area contributed by atoms with Gasteiger partial charge in [0.25, 0.3) is 0 Å². The lowest BCUT2D eigenvalue weighted by Gasteiger charge is -2.10. The van der Waals surface area contributed by atoms with Crippen molar-refractivity contribution in [2.75, 3.05) is 0 Å². The van der Waals surface area contributed by atoms with Crippen LogP contribution in [0.2, 0.25) is 0 Å². The molecule has 0 amide bonds. The smallest absolute Gasteiger partial charge is 0.150 e. The van der Waals surface area contributed by atoms with Gasteiger partial charge in [0, 0.05) is 20.1 Å². The molecule has 2 aromatic heterocycles. The van der Waals surface area contributed by atoms with Crippen molar-refractivity contribution in [2.24, 2.45) is 0 Å². The van der Waals surface area contributed by atoms with Gasteiger partial charge >= 0.3 is 0 Å². The lowest BCUT2D eigenvalue weighted by molar-refractivity contribution is 0.111. The fraction of sp³-hybridized carbons (Fsp3) is 0.0625. The predicted molar refractivity (Wildman–Crippen MR) is 327 cm³/mol. The van der Waals surface area contributed by atoms with Crippen molar-refractivity contribution in [2.45, 2.75) is 26.1 Å². The quantitative estimate of drug-likeness (QED) is 0.127. The van der Waals surface area contributed by atoms with Crippen LogP contribution in [0.1, 0.15) is 66.4 Å². The molecular formula is C64H54Br5F3N2O4. The van der Waals surface area contributed by atoms with Crippen LogP contribution in [0.25, 0.3) is 0 Å². The van der Waals surface area contributed by atoms with Gasteiger partial charge in [0.05, 0.1) is 5.69 Å². The Morgan fingerprint density at radius 3 is 1.03 bits per heavy atom. The van der Waals surface area contributed by atoms with E-state index in [-0.39, 0.29) is 17.5 Å². The van der Waals surface area contributed by atoms with Gasteiger partial charge in [-0.2, -0.15) is 0 Å². The second-order valence-electron chi connectivity index (χ2n) is 15.9. The lowest BCUT2D eigenvalue weighted by atomic mass is 10.0. The number of aromatic nitrogens is 2. The van der Waals surface area contributed by atoms with Gasteiger partial charge < -0.3 is 10.2 Å². The van der Waals surface area contributed by atoms with Crippen LogP contribution in [0, 0.1) is 31.3 Å². The number of halogens is 8. The fourth-order valence-electron chi connectivity index (χ4n) is 6.00. The van der Waals surface area contributed by atoms with Crippen molar-refractivity contribution < 1.29 is 33.0 Å². The molecule has 14 heteroatoms. The number of aliphatic hydroxyl groups excluding tert-OH is 2. The molecule has 10 rings (SSSR count). The monoisotopic (exact) mass is 1370 g/mol. The van der Waals surface area contributed by atoms with Crippen molar-refractivity contribution in [1.82, 2.24) is 9.97 Å². The number of hydrogen-bond acceptors (Lipinski definition) is 6. The molecule has 0 radical (unpaired) electrons. The highest BCUT2D eigenvalue weighted by molar-refractivity contribution is 9.11. The van der Waals surface area contributed by atoms with Crippen molar-refractivity contribution in [1.29, 1.82) is 0 Å². The number of pyridine rings is 2. The third kappa shape index (κ3) is 29.3. The Morgan fingerprint density at radius 2 is 0.705 bits per heavy atom. The van der Waals surface area contributed by atoms with E-state index in [1.807, 2.05) is 159 Å². The molecule has 2 heterocycles. The maximum atomic E-state index is 12.9. The first-order valence-electron chi connectivity index (χ1n) is 23.5. The molecule has 0 spiro atoms. The Morgan fingerprint density at radius 1 is 0.359 bits per heavy atom. The molecule has 6 nitrogen and oxygen atoms in total. The van der Waals surface area contributed by atoms with E-state index in [0.29, 0.717) is 11.3 Å². The summed E-state index contributed by atoms with van der Waals surface area (Å²) < 4.78 is 41.6. The summed E-state index contributed by atoms with van der Waals surface area (Å²) in [6.45, 7) is 3.94. The zero-order chi connectivity index (χ0) is 56.9. The second-order valence-corrected chi connectivity index (χ2v) is 20.2. The molecule has 10 aromatic rings. The number of carbonyl (C=O) groups is 2. The number of carbonyl (C=O) groups excluding carboxylic acids is 2.